The van der Waals surface area contributed by atoms with Gasteiger partial charge in [0.25, 0.3) is 5.91 Å². The third kappa shape index (κ3) is 2.39. The first kappa shape index (κ1) is 12.7. The van der Waals surface area contributed by atoms with Crippen molar-refractivity contribution in [3.63, 3.8) is 0 Å². The van der Waals surface area contributed by atoms with E-state index in [0.717, 1.165) is 18.4 Å². The van der Waals surface area contributed by atoms with Gasteiger partial charge < -0.3 is 10.4 Å². The summed E-state index contributed by atoms with van der Waals surface area (Å²) in [5.41, 5.74) is 0.120. The molecule has 0 bridgehead atoms. The standard InChI is InChI=1S/C13H15N5O2/c19-12(13(20)6-1-2-7-13)14-10-5-3-4-9(8-10)11-15-17-18-16-11/h3-5,8,20H,1-2,6-7H2,(H,14,19)(H,15,16,17,18). The highest BCUT2D eigenvalue weighted by atomic mass is 16.3. The molecule has 1 aromatic carbocycles. The van der Waals surface area contributed by atoms with Crippen LogP contribution in [-0.2, 0) is 4.79 Å². The second-order valence-electron chi connectivity index (χ2n) is 5.01. The lowest BCUT2D eigenvalue weighted by atomic mass is 10.0. The van der Waals surface area contributed by atoms with Crippen LogP contribution in [0.3, 0.4) is 0 Å². The molecule has 1 aliphatic rings. The van der Waals surface area contributed by atoms with Crippen molar-refractivity contribution < 1.29 is 9.90 Å². The summed E-state index contributed by atoms with van der Waals surface area (Å²) < 4.78 is 0. The molecule has 3 rings (SSSR count). The highest BCUT2D eigenvalue weighted by Crippen LogP contribution is 2.30. The van der Waals surface area contributed by atoms with E-state index in [4.69, 9.17) is 0 Å². The average molecular weight is 273 g/mol. The van der Waals surface area contributed by atoms with Crippen LogP contribution in [0.2, 0.25) is 0 Å². The zero-order valence-electron chi connectivity index (χ0n) is 10.8. The summed E-state index contributed by atoms with van der Waals surface area (Å²) in [6.07, 6.45) is 2.80. The van der Waals surface area contributed by atoms with Gasteiger partial charge in [-0.3, -0.25) is 4.79 Å². The SMILES string of the molecule is O=C(Nc1cccc(-c2nn[nH]n2)c1)C1(O)CCCC1. The van der Waals surface area contributed by atoms with Crippen molar-refractivity contribution in [1.82, 2.24) is 20.6 Å². The van der Waals surface area contributed by atoms with E-state index in [1.165, 1.54) is 0 Å². The average Bonchev–Trinajstić information content (AvgIpc) is 3.11. The van der Waals surface area contributed by atoms with E-state index in [1.807, 2.05) is 6.07 Å². The summed E-state index contributed by atoms with van der Waals surface area (Å²) in [4.78, 5) is 12.1. The molecule has 1 heterocycles. The Kier molecular flexibility index (Phi) is 3.19. The van der Waals surface area contributed by atoms with E-state index in [9.17, 15) is 9.90 Å². The molecule has 7 nitrogen and oxygen atoms in total. The first-order valence-electron chi connectivity index (χ1n) is 6.55. The molecule has 1 aliphatic carbocycles. The number of aromatic amines is 1. The molecule has 1 saturated carbocycles. The van der Waals surface area contributed by atoms with Gasteiger partial charge in [-0.25, -0.2) is 0 Å². The number of tetrazole rings is 1. The van der Waals surface area contributed by atoms with Crippen LogP contribution in [0.25, 0.3) is 11.4 Å². The summed E-state index contributed by atoms with van der Waals surface area (Å²) in [6.45, 7) is 0. The number of aliphatic hydroxyl groups is 1. The molecule has 1 aromatic heterocycles. The minimum absolute atomic E-state index is 0.347. The van der Waals surface area contributed by atoms with Crippen molar-refractivity contribution >= 4 is 11.6 Å². The second kappa shape index (κ2) is 5.01. The van der Waals surface area contributed by atoms with Gasteiger partial charge >= 0.3 is 0 Å². The van der Waals surface area contributed by atoms with Crippen LogP contribution in [0.15, 0.2) is 24.3 Å². The quantitative estimate of drug-likeness (QED) is 0.777. The van der Waals surface area contributed by atoms with Gasteiger partial charge in [0, 0.05) is 11.3 Å². The molecule has 0 aliphatic heterocycles. The molecule has 104 valence electrons. The van der Waals surface area contributed by atoms with Crippen molar-refractivity contribution in [3.8, 4) is 11.4 Å². The zero-order valence-corrected chi connectivity index (χ0v) is 10.8. The monoisotopic (exact) mass is 273 g/mol. The van der Waals surface area contributed by atoms with Gasteiger partial charge in [-0.1, -0.05) is 12.1 Å². The van der Waals surface area contributed by atoms with Crippen LogP contribution < -0.4 is 5.32 Å². The van der Waals surface area contributed by atoms with Gasteiger partial charge in [-0.2, -0.15) is 5.21 Å². The van der Waals surface area contributed by atoms with E-state index in [1.54, 1.807) is 18.2 Å². The minimum atomic E-state index is -1.23. The van der Waals surface area contributed by atoms with Gasteiger partial charge in [0.05, 0.1) is 0 Å². The van der Waals surface area contributed by atoms with Gasteiger partial charge in [-0.15, -0.1) is 10.2 Å². The maximum atomic E-state index is 12.1. The molecule has 0 atom stereocenters. The number of hydrogen-bond acceptors (Lipinski definition) is 5. The lowest BCUT2D eigenvalue weighted by molar-refractivity contribution is -0.133. The van der Waals surface area contributed by atoms with E-state index in [-0.39, 0.29) is 5.91 Å². The summed E-state index contributed by atoms with van der Waals surface area (Å²) in [6, 6.07) is 7.13. The minimum Gasteiger partial charge on any atom is -0.380 e. The Labute approximate surface area is 115 Å². The van der Waals surface area contributed by atoms with Crippen molar-refractivity contribution in [3.05, 3.63) is 24.3 Å². The number of aromatic nitrogens is 4. The molecule has 1 fully saturated rings. The fourth-order valence-corrected chi connectivity index (χ4v) is 2.45. The Morgan fingerprint density at radius 3 is 2.85 bits per heavy atom. The van der Waals surface area contributed by atoms with Crippen LogP contribution >= 0.6 is 0 Å². The van der Waals surface area contributed by atoms with Gasteiger partial charge in [0.15, 0.2) is 0 Å². The van der Waals surface area contributed by atoms with Crippen LogP contribution in [0.1, 0.15) is 25.7 Å². The number of carbonyl (C=O) groups is 1. The molecule has 20 heavy (non-hydrogen) atoms. The molecule has 0 saturated heterocycles. The highest BCUT2D eigenvalue weighted by Gasteiger charge is 2.38. The summed E-state index contributed by atoms with van der Waals surface area (Å²) in [7, 11) is 0. The van der Waals surface area contributed by atoms with Crippen LogP contribution in [0.5, 0.6) is 0 Å². The highest BCUT2D eigenvalue weighted by molar-refractivity contribution is 5.97. The normalized spacial score (nSPS) is 17.1. The van der Waals surface area contributed by atoms with Gasteiger partial charge in [0.2, 0.25) is 5.82 Å². The maximum absolute atomic E-state index is 12.1. The van der Waals surface area contributed by atoms with Crippen molar-refractivity contribution in [2.24, 2.45) is 0 Å². The molecule has 3 N–H and O–H groups in total. The molecule has 1 amide bonds. The van der Waals surface area contributed by atoms with E-state index in [0.29, 0.717) is 24.4 Å². The van der Waals surface area contributed by atoms with Gasteiger partial charge in [-0.05, 0) is 43.0 Å². The van der Waals surface area contributed by atoms with E-state index in [2.05, 4.69) is 25.9 Å². The fraction of sp³-hybridized carbons (Fsp3) is 0.385. The molecule has 0 radical (unpaired) electrons. The zero-order chi connectivity index (χ0) is 14.0. The molecular weight excluding hydrogens is 258 g/mol. The van der Waals surface area contributed by atoms with E-state index >= 15 is 0 Å². The Hall–Kier alpha value is -2.28. The fourth-order valence-electron chi connectivity index (χ4n) is 2.45. The lowest BCUT2D eigenvalue weighted by Gasteiger charge is -2.21. The van der Waals surface area contributed by atoms with Crippen molar-refractivity contribution in [2.75, 3.05) is 5.32 Å². The van der Waals surface area contributed by atoms with Gasteiger partial charge in [0.1, 0.15) is 5.60 Å². The van der Waals surface area contributed by atoms with Crippen molar-refractivity contribution in [1.29, 1.82) is 0 Å². The number of amides is 1. The van der Waals surface area contributed by atoms with Crippen LogP contribution in [0.4, 0.5) is 5.69 Å². The number of rotatable bonds is 3. The number of hydrogen-bond donors (Lipinski definition) is 3. The first-order valence-corrected chi connectivity index (χ1v) is 6.55. The lowest BCUT2D eigenvalue weighted by Crippen LogP contribution is -2.40. The Balaban J connectivity index is 1.78. The smallest absolute Gasteiger partial charge is 0.256 e. The first-order chi connectivity index (χ1) is 9.67. The Morgan fingerprint density at radius 2 is 2.15 bits per heavy atom. The number of nitrogens with zero attached hydrogens (tertiary/aromatic N) is 3. The largest absolute Gasteiger partial charge is 0.380 e. The molecule has 0 unspecified atom stereocenters. The molecule has 2 aromatic rings. The summed E-state index contributed by atoms with van der Waals surface area (Å²) in [5, 5.41) is 26.6. The maximum Gasteiger partial charge on any atom is 0.256 e. The van der Waals surface area contributed by atoms with Crippen molar-refractivity contribution in [2.45, 2.75) is 31.3 Å². The third-order valence-corrected chi connectivity index (χ3v) is 3.58. The predicted octanol–water partition coefficient (Wildman–Crippen LogP) is 1.11. The topological polar surface area (TPSA) is 104 Å². The second-order valence-corrected chi connectivity index (χ2v) is 5.01. The summed E-state index contributed by atoms with van der Waals surface area (Å²) >= 11 is 0. The molecule has 7 heteroatoms. The Bertz CT molecular complexity index is 605. The van der Waals surface area contributed by atoms with E-state index < -0.39 is 5.60 Å². The number of anilines is 1. The number of carbonyl (C=O) groups excluding carboxylic acids is 1. The van der Waals surface area contributed by atoms with Crippen LogP contribution in [-0.4, -0.2) is 37.2 Å². The number of nitrogens with one attached hydrogen (secondary N) is 2. The number of benzene rings is 1. The molecule has 0 spiro atoms. The van der Waals surface area contributed by atoms with Crippen LogP contribution in [0, 0.1) is 0 Å². The third-order valence-electron chi connectivity index (χ3n) is 3.58. The molecular formula is C13H15N5O2. The summed E-state index contributed by atoms with van der Waals surface area (Å²) in [5.74, 6) is 0.112. The number of H-pyrrole nitrogens is 1. The Morgan fingerprint density at radius 1 is 1.35 bits per heavy atom. The predicted molar refractivity (Wildman–Crippen MR) is 71.7 cm³/mol.